The maximum Gasteiger partial charge on any atom is 0.105 e. The second-order valence-corrected chi connectivity index (χ2v) is 5.01. The van der Waals surface area contributed by atoms with Crippen molar-refractivity contribution in [2.75, 3.05) is 11.9 Å². The molecule has 3 nitrogen and oxygen atoms in total. The van der Waals surface area contributed by atoms with Gasteiger partial charge in [-0.05, 0) is 41.1 Å². The van der Waals surface area contributed by atoms with Crippen LogP contribution in [0.3, 0.4) is 0 Å². The van der Waals surface area contributed by atoms with Crippen molar-refractivity contribution < 1.29 is 0 Å². The summed E-state index contributed by atoms with van der Waals surface area (Å²) in [6.07, 6.45) is 3.79. The molecule has 0 unspecified atom stereocenters. The van der Waals surface area contributed by atoms with Gasteiger partial charge in [0.05, 0.1) is 0 Å². The first-order valence-corrected chi connectivity index (χ1v) is 6.50. The van der Waals surface area contributed by atoms with Crippen LogP contribution in [0.25, 0.3) is 0 Å². The minimum atomic E-state index is 0.730. The molecule has 2 aromatic rings. The van der Waals surface area contributed by atoms with E-state index in [1.165, 1.54) is 0 Å². The van der Waals surface area contributed by atoms with Crippen molar-refractivity contribution in [3.63, 3.8) is 0 Å². The summed E-state index contributed by atoms with van der Waals surface area (Å²) in [4.78, 5) is 4.18. The quantitative estimate of drug-likeness (QED) is 0.932. The summed E-state index contributed by atoms with van der Waals surface area (Å²) in [5.74, 6) is 1.03. The maximum absolute atomic E-state index is 5.88. The predicted octanol–water partition coefficient (Wildman–Crippen LogP) is 3.72. The molecule has 0 aliphatic carbocycles. The second-order valence-electron chi connectivity index (χ2n) is 3.72. The molecule has 1 heterocycles. The van der Waals surface area contributed by atoms with E-state index in [0.717, 1.165) is 34.1 Å². The van der Waals surface area contributed by atoms with Crippen LogP contribution in [0.4, 0.5) is 5.69 Å². The van der Waals surface area contributed by atoms with Gasteiger partial charge in [0.1, 0.15) is 5.82 Å². The monoisotopic (exact) mass is 313 g/mol. The summed E-state index contributed by atoms with van der Waals surface area (Å²) >= 11 is 9.36. The third-order valence-corrected chi connectivity index (χ3v) is 3.41. The van der Waals surface area contributed by atoms with Gasteiger partial charge in [-0.25, -0.2) is 4.98 Å². The number of nitrogens with one attached hydrogen (secondary N) is 1. The van der Waals surface area contributed by atoms with Gasteiger partial charge in [0, 0.05) is 40.7 Å². The van der Waals surface area contributed by atoms with Gasteiger partial charge >= 0.3 is 0 Å². The molecule has 0 fully saturated rings. The zero-order chi connectivity index (χ0) is 12.3. The number of rotatable bonds is 4. The summed E-state index contributed by atoms with van der Waals surface area (Å²) in [5.41, 5.74) is 1.05. The first-order valence-electron chi connectivity index (χ1n) is 5.33. The lowest BCUT2D eigenvalue weighted by molar-refractivity contribution is 0.701. The van der Waals surface area contributed by atoms with E-state index in [1.807, 2.05) is 37.5 Å². The number of aryl methyl sites for hydroxylation is 1. The number of benzene rings is 1. The number of anilines is 1. The van der Waals surface area contributed by atoms with Crippen molar-refractivity contribution in [3.05, 3.63) is 45.9 Å². The van der Waals surface area contributed by atoms with Crippen LogP contribution in [0.1, 0.15) is 5.82 Å². The summed E-state index contributed by atoms with van der Waals surface area (Å²) in [6, 6.07) is 5.72. The fraction of sp³-hybridized carbons (Fsp3) is 0.250. The molecule has 90 valence electrons. The highest BCUT2D eigenvalue weighted by molar-refractivity contribution is 9.10. The van der Waals surface area contributed by atoms with Gasteiger partial charge in [0.15, 0.2) is 0 Å². The summed E-state index contributed by atoms with van der Waals surface area (Å²) in [6.45, 7) is 3.73. The molecule has 0 amide bonds. The number of halogens is 2. The highest BCUT2D eigenvalue weighted by atomic mass is 79.9. The zero-order valence-corrected chi connectivity index (χ0v) is 11.8. The number of aromatic nitrogens is 2. The van der Waals surface area contributed by atoms with Crippen molar-refractivity contribution in [3.8, 4) is 0 Å². The Hall–Kier alpha value is -1.000. The van der Waals surface area contributed by atoms with E-state index in [9.17, 15) is 0 Å². The van der Waals surface area contributed by atoms with E-state index < -0.39 is 0 Å². The lowest BCUT2D eigenvalue weighted by Crippen LogP contribution is -2.11. The van der Waals surface area contributed by atoms with E-state index in [2.05, 4.69) is 30.8 Å². The Morgan fingerprint density at radius 1 is 1.47 bits per heavy atom. The predicted molar refractivity (Wildman–Crippen MR) is 74.6 cm³/mol. The molecule has 5 heteroatoms. The van der Waals surface area contributed by atoms with Crippen molar-refractivity contribution in [1.29, 1.82) is 0 Å². The topological polar surface area (TPSA) is 29.9 Å². The molecule has 0 saturated heterocycles. The molecule has 0 bridgehead atoms. The molecule has 1 aromatic carbocycles. The highest BCUT2D eigenvalue weighted by Crippen LogP contribution is 2.25. The Labute approximate surface area is 114 Å². The van der Waals surface area contributed by atoms with E-state index in [1.54, 1.807) is 0 Å². The van der Waals surface area contributed by atoms with Crippen LogP contribution in [0.15, 0.2) is 35.1 Å². The minimum Gasteiger partial charge on any atom is -0.382 e. The summed E-state index contributed by atoms with van der Waals surface area (Å²) < 4.78 is 3.09. The van der Waals surface area contributed by atoms with Crippen LogP contribution in [-0.2, 0) is 6.54 Å². The van der Waals surface area contributed by atoms with E-state index in [0.29, 0.717) is 0 Å². The van der Waals surface area contributed by atoms with Crippen LogP contribution in [0, 0.1) is 6.92 Å². The molecule has 2 rings (SSSR count). The van der Waals surface area contributed by atoms with Crippen LogP contribution in [0.5, 0.6) is 0 Å². The van der Waals surface area contributed by atoms with Crippen molar-refractivity contribution >= 4 is 33.2 Å². The first kappa shape index (κ1) is 12.5. The fourth-order valence-corrected chi connectivity index (χ4v) is 2.41. The zero-order valence-electron chi connectivity index (χ0n) is 9.45. The Kier molecular flexibility index (Phi) is 4.07. The third-order valence-electron chi connectivity index (χ3n) is 2.52. The van der Waals surface area contributed by atoms with Crippen molar-refractivity contribution in [1.82, 2.24) is 9.55 Å². The van der Waals surface area contributed by atoms with Gasteiger partial charge in [-0.2, -0.15) is 0 Å². The summed E-state index contributed by atoms with van der Waals surface area (Å²) in [5, 5.41) is 4.08. The van der Waals surface area contributed by atoms with Crippen molar-refractivity contribution in [2.45, 2.75) is 13.5 Å². The number of hydrogen-bond donors (Lipinski definition) is 1. The first-order chi connectivity index (χ1) is 8.16. The SMILES string of the molecule is Cc1nccn1CCNc1ccc(Cl)cc1Br. The van der Waals surface area contributed by atoms with Gasteiger partial charge in [-0.3, -0.25) is 0 Å². The van der Waals surface area contributed by atoms with Gasteiger partial charge in [-0.15, -0.1) is 0 Å². The Bertz CT molecular complexity index is 510. The van der Waals surface area contributed by atoms with Crippen LogP contribution < -0.4 is 5.32 Å². The lowest BCUT2D eigenvalue weighted by atomic mass is 10.3. The summed E-state index contributed by atoms with van der Waals surface area (Å²) in [7, 11) is 0. The molecule has 0 atom stereocenters. The maximum atomic E-state index is 5.88. The van der Waals surface area contributed by atoms with E-state index in [4.69, 9.17) is 11.6 Å². The lowest BCUT2D eigenvalue weighted by Gasteiger charge is -2.10. The average Bonchev–Trinajstić information content (AvgIpc) is 2.68. The molecule has 1 N–H and O–H groups in total. The molecule has 1 aromatic heterocycles. The molecule has 0 aliphatic rings. The highest BCUT2D eigenvalue weighted by Gasteiger charge is 2.00. The molecule has 0 spiro atoms. The van der Waals surface area contributed by atoms with Crippen LogP contribution in [-0.4, -0.2) is 16.1 Å². The van der Waals surface area contributed by atoms with Gasteiger partial charge in [-0.1, -0.05) is 11.6 Å². The Morgan fingerprint density at radius 2 is 2.29 bits per heavy atom. The standard InChI is InChI=1S/C12H13BrClN3/c1-9-15-4-6-17(9)7-5-16-12-3-2-10(14)8-11(12)13/h2-4,6,8,16H,5,7H2,1H3. The van der Waals surface area contributed by atoms with Crippen molar-refractivity contribution in [2.24, 2.45) is 0 Å². The number of hydrogen-bond acceptors (Lipinski definition) is 2. The average molecular weight is 315 g/mol. The fourth-order valence-electron chi connectivity index (χ4n) is 1.58. The second kappa shape index (κ2) is 5.56. The number of nitrogens with zero attached hydrogens (tertiary/aromatic N) is 2. The smallest absolute Gasteiger partial charge is 0.105 e. The largest absolute Gasteiger partial charge is 0.382 e. The molecular weight excluding hydrogens is 302 g/mol. The molecule has 0 aliphatic heterocycles. The Balaban J connectivity index is 1.92. The molecule has 0 radical (unpaired) electrons. The van der Waals surface area contributed by atoms with Gasteiger partial charge in [0.25, 0.3) is 0 Å². The molecule has 17 heavy (non-hydrogen) atoms. The third kappa shape index (κ3) is 3.23. The Morgan fingerprint density at radius 3 is 2.94 bits per heavy atom. The van der Waals surface area contributed by atoms with Crippen LogP contribution >= 0.6 is 27.5 Å². The normalized spacial score (nSPS) is 10.5. The van der Waals surface area contributed by atoms with E-state index in [-0.39, 0.29) is 0 Å². The molecular formula is C12H13BrClN3. The van der Waals surface area contributed by atoms with Crippen LogP contribution in [0.2, 0.25) is 5.02 Å². The minimum absolute atomic E-state index is 0.730. The van der Waals surface area contributed by atoms with Gasteiger partial charge in [0.2, 0.25) is 0 Å². The molecule has 0 saturated carbocycles. The number of imidazole rings is 1. The van der Waals surface area contributed by atoms with E-state index >= 15 is 0 Å². The van der Waals surface area contributed by atoms with Gasteiger partial charge < -0.3 is 9.88 Å².